The molecule has 0 saturated carbocycles. The number of carbonyl (C=O) groups excluding carboxylic acids is 2. The van der Waals surface area contributed by atoms with Gasteiger partial charge in [0.2, 0.25) is 0 Å². The summed E-state index contributed by atoms with van der Waals surface area (Å²) in [6, 6.07) is 29.4. The van der Waals surface area contributed by atoms with Crippen LogP contribution in [0.4, 0.5) is 0 Å². The van der Waals surface area contributed by atoms with Gasteiger partial charge in [0.25, 0.3) is 0 Å². The molecule has 0 radical (unpaired) electrons. The fraction of sp³-hybridized carbons (Fsp3) is 0.290. The summed E-state index contributed by atoms with van der Waals surface area (Å²) in [6.07, 6.45) is -0.192. The van der Waals surface area contributed by atoms with Crippen molar-refractivity contribution in [1.29, 1.82) is 0 Å². The predicted molar refractivity (Wildman–Crippen MR) is 140 cm³/mol. The first-order valence-corrected chi connectivity index (χ1v) is 12.4. The molecule has 4 atom stereocenters. The highest BCUT2D eigenvalue weighted by molar-refractivity contribution is 6.00. The van der Waals surface area contributed by atoms with Gasteiger partial charge in [0.05, 0.1) is 26.4 Å². The first-order chi connectivity index (χ1) is 18.1. The standard InChI is InChI=1S/C31H32O6/c1-23(32)17-18-27(33)29-31(36-21-26-15-9-4-10-16-26)30(35-20-25-13-7-3-8-14-25)28(37-29)22-34-19-24-11-5-2-6-12-24/h2-18,28-31H,19-22H2,1H3/b18-17+/t28-,29+,30-,31-/m1/s1. The summed E-state index contributed by atoms with van der Waals surface area (Å²) >= 11 is 0. The zero-order valence-electron chi connectivity index (χ0n) is 20.9. The minimum Gasteiger partial charge on any atom is -0.374 e. The van der Waals surface area contributed by atoms with Crippen molar-refractivity contribution in [3.05, 3.63) is 120 Å². The lowest BCUT2D eigenvalue weighted by atomic mass is 10.0. The highest BCUT2D eigenvalue weighted by Gasteiger charge is 2.49. The van der Waals surface area contributed by atoms with Crippen molar-refractivity contribution in [2.75, 3.05) is 6.61 Å². The van der Waals surface area contributed by atoms with Crippen molar-refractivity contribution in [1.82, 2.24) is 0 Å². The van der Waals surface area contributed by atoms with E-state index in [1.54, 1.807) is 0 Å². The third kappa shape index (κ3) is 8.03. The Bertz CT molecular complexity index is 1150. The first kappa shape index (κ1) is 26.6. The van der Waals surface area contributed by atoms with Gasteiger partial charge in [0, 0.05) is 0 Å². The monoisotopic (exact) mass is 500 g/mol. The van der Waals surface area contributed by atoms with Crippen LogP contribution < -0.4 is 0 Å². The molecular weight excluding hydrogens is 468 g/mol. The molecule has 1 aliphatic heterocycles. The first-order valence-electron chi connectivity index (χ1n) is 12.4. The molecule has 3 aromatic rings. The Kier molecular flexibility index (Phi) is 9.91. The third-order valence-electron chi connectivity index (χ3n) is 6.04. The Morgan fingerprint density at radius 2 is 1.19 bits per heavy atom. The van der Waals surface area contributed by atoms with Gasteiger partial charge in [-0.2, -0.15) is 0 Å². The zero-order chi connectivity index (χ0) is 25.9. The molecular formula is C31H32O6. The van der Waals surface area contributed by atoms with E-state index in [4.69, 9.17) is 18.9 Å². The molecule has 4 rings (SSSR count). The van der Waals surface area contributed by atoms with Crippen LogP contribution in [0.15, 0.2) is 103 Å². The maximum absolute atomic E-state index is 13.1. The number of allylic oxidation sites excluding steroid dienone is 1. The molecule has 0 N–H and O–H groups in total. The summed E-state index contributed by atoms with van der Waals surface area (Å²) in [5, 5.41) is 0. The van der Waals surface area contributed by atoms with E-state index in [1.807, 2.05) is 91.0 Å². The average molecular weight is 501 g/mol. The van der Waals surface area contributed by atoms with E-state index >= 15 is 0 Å². The second-order valence-electron chi connectivity index (χ2n) is 8.96. The molecule has 1 aliphatic rings. The Morgan fingerprint density at radius 1 is 0.703 bits per heavy atom. The lowest BCUT2D eigenvalue weighted by Crippen LogP contribution is -2.40. The molecule has 1 fully saturated rings. The van der Waals surface area contributed by atoms with E-state index in [2.05, 4.69) is 0 Å². The van der Waals surface area contributed by atoms with Gasteiger partial charge in [-0.25, -0.2) is 0 Å². The van der Waals surface area contributed by atoms with E-state index in [9.17, 15) is 9.59 Å². The van der Waals surface area contributed by atoms with Crippen molar-refractivity contribution in [3.63, 3.8) is 0 Å². The largest absolute Gasteiger partial charge is 0.374 e. The summed E-state index contributed by atoms with van der Waals surface area (Å²) in [6.45, 7) is 2.65. The van der Waals surface area contributed by atoms with Crippen molar-refractivity contribution in [2.24, 2.45) is 0 Å². The van der Waals surface area contributed by atoms with Crippen molar-refractivity contribution < 1.29 is 28.5 Å². The second-order valence-corrected chi connectivity index (χ2v) is 8.96. The molecule has 3 aromatic carbocycles. The number of carbonyl (C=O) groups is 2. The molecule has 0 unspecified atom stereocenters. The lowest BCUT2D eigenvalue weighted by molar-refractivity contribution is -0.132. The van der Waals surface area contributed by atoms with Gasteiger partial charge >= 0.3 is 0 Å². The maximum atomic E-state index is 13.1. The van der Waals surface area contributed by atoms with Gasteiger partial charge in [-0.15, -0.1) is 0 Å². The van der Waals surface area contributed by atoms with Crippen LogP contribution in [-0.2, 0) is 48.4 Å². The van der Waals surface area contributed by atoms with Crippen LogP contribution >= 0.6 is 0 Å². The number of benzene rings is 3. The number of ether oxygens (including phenoxy) is 4. The molecule has 0 aliphatic carbocycles. The van der Waals surface area contributed by atoms with Crippen LogP contribution in [0.5, 0.6) is 0 Å². The number of hydrogen-bond donors (Lipinski definition) is 0. The predicted octanol–water partition coefficient (Wildman–Crippen LogP) is 4.86. The van der Waals surface area contributed by atoms with Gasteiger partial charge in [-0.1, -0.05) is 91.0 Å². The Morgan fingerprint density at radius 3 is 1.70 bits per heavy atom. The molecule has 37 heavy (non-hydrogen) atoms. The van der Waals surface area contributed by atoms with Crippen LogP contribution in [0.2, 0.25) is 0 Å². The van der Waals surface area contributed by atoms with Gasteiger partial charge in [0.1, 0.15) is 24.4 Å². The Hall–Kier alpha value is -3.42. The Labute approximate surface area is 217 Å². The van der Waals surface area contributed by atoms with Crippen molar-refractivity contribution >= 4 is 11.6 Å². The van der Waals surface area contributed by atoms with Crippen LogP contribution in [-0.4, -0.2) is 42.6 Å². The molecule has 6 heteroatoms. The summed E-state index contributed by atoms with van der Waals surface area (Å²) in [4.78, 5) is 24.6. The van der Waals surface area contributed by atoms with E-state index in [0.717, 1.165) is 16.7 Å². The second kappa shape index (κ2) is 13.8. The Balaban J connectivity index is 1.53. The van der Waals surface area contributed by atoms with E-state index in [1.165, 1.54) is 19.1 Å². The normalized spacial score (nSPS) is 21.3. The lowest BCUT2D eigenvalue weighted by Gasteiger charge is -2.24. The third-order valence-corrected chi connectivity index (χ3v) is 6.04. The smallest absolute Gasteiger partial charge is 0.187 e. The quantitative estimate of drug-likeness (QED) is 0.312. The highest BCUT2D eigenvalue weighted by atomic mass is 16.6. The molecule has 192 valence electrons. The summed E-state index contributed by atoms with van der Waals surface area (Å²) < 4.78 is 24.8. The molecule has 1 heterocycles. The van der Waals surface area contributed by atoms with E-state index < -0.39 is 24.4 Å². The topological polar surface area (TPSA) is 71.1 Å². The minimum atomic E-state index is -0.926. The molecule has 6 nitrogen and oxygen atoms in total. The molecule has 0 spiro atoms. The minimum absolute atomic E-state index is 0.215. The highest BCUT2D eigenvalue weighted by Crippen LogP contribution is 2.30. The van der Waals surface area contributed by atoms with Gasteiger partial charge in [-0.3, -0.25) is 9.59 Å². The van der Waals surface area contributed by atoms with E-state index in [-0.39, 0.29) is 24.8 Å². The van der Waals surface area contributed by atoms with Crippen LogP contribution in [0, 0.1) is 0 Å². The number of hydrogen-bond acceptors (Lipinski definition) is 6. The average Bonchev–Trinajstić information content (AvgIpc) is 3.28. The fourth-order valence-electron chi connectivity index (χ4n) is 4.17. The number of ketones is 2. The summed E-state index contributed by atoms with van der Waals surface area (Å²) in [5.41, 5.74) is 3.01. The van der Waals surface area contributed by atoms with E-state index in [0.29, 0.717) is 13.2 Å². The van der Waals surface area contributed by atoms with Crippen molar-refractivity contribution in [3.8, 4) is 0 Å². The van der Waals surface area contributed by atoms with Crippen LogP contribution in [0.3, 0.4) is 0 Å². The zero-order valence-corrected chi connectivity index (χ0v) is 20.9. The van der Waals surface area contributed by atoms with Gasteiger partial charge in [-0.05, 0) is 35.8 Å². The summed E-state index contributed by atoms with van der Waals surface area (Å²) in [5.74, 6) is -0.556. The maximum Gasteiger partial charge on any atom is 0.187 e. The van der Waals surface area contributed by atoms with Crippen LogP contribution in [0.1, 0.15) is 23.6 Å². The molecule has 1 saturated heterocycles. The van der Waals surface area contributed by atoms with Gasteiger partial charge < -0.3 is 18.9 Å². The summed E-state index contributed by atoms with van der Waals surface area (Å²) in [7, 11) is 0. The number of rotatable bonds is 13. The SMILES string of the molecule is CC(=O)/C=C/C(=O)[C@@H]1O[C@H](COCc2ccccc2)[C@@H](OCc2ccccc2)[C@@H]1OCc1ccccc1. The molecule has 0 aromatic heterocycles. The van der Waals surface area contributed by atoms with Crippen molar-refractivity contribution in [2.45, 2.75) is 51.2 Å². The molecule has 0 amide bonds. The fourth-order valence-corrected chi connectivity index (χ4v) is 4.17. The van der Waals surface area contributed by atoms with Crippen LogP contribution in [0.25, 0.3) is 0 Å². The van der Waals surface area contributed by atoms with Gasteiger partial charge in [0.15, 0.2) is 11.6 Å². The molecule has 0 bridgehead atoms.